The lowest BCUT2D eigenvalue weighted by atomic mass is 10.2. The van der Waals surface area contributed by atoms with Crippen LogP contribution in [0.5, 0.6) is 0 Å². The van der Waals surface area contributed by atoms with Gasteiger partial charge in [-0.2, -0.15) is 0 Å². The van der Waals surface area contributed by atoms with Gasteiger partial charge >= 0.3 is 0 Å². The van der Waals surface area contributed by atoms with Crippen LogP contribution >= 0.6 is 22.6 Å². The van der Waals surface area contributed by atoms with E-state index in [0.29, 0.717) is 0 Å². The van der Waals surface area contributed by atoms with Gasteiger partial charge in [-0.15, -0.1) is 0 Å². The zero-order valence-corrected chi connectivity index (χ0v) is 9.10. The van der Waals surface area contributed by atoms with Gasteiger partial charge < -0.3 is 17.2 Å². The molecule has 1 aromatic rings. The Morgan fingerprint density at radius 2 is 2.08 bits per heavy atom. The van der Waals surface area contributed by atoms with E-state index in [0.717, 1.165) is 9.13 Å². The molecule has 0 aliphatic rings. The summed E-state index contributed by atoms with van der Waals surface area (Å²) < 4.78 is 1.11. The fraction of sp³-hybridized carbons (Fsp3) is 0.125. The molecule has 0 saturated carbocycles. The van der Waals surface area contributed by atoms with E-state index < -0.39 is 6.17 Å². The fourth-order valence-electron chi connectivity index (χ4n) is 0.926. The first-order valence-electron chi connectivity index (χ1n) is 3.69. The zero-order chi connectivity index (χ0) is 9.84. The molecule has 0 saturated heterocycles. The summed E-state index contributed by atoms with van der Waals surface area (Å²) in [5, 5.41) is 0. The second kappa shape index (κ2) is 4.43. The molecule has 0 bridgehead atoms. The van der Waals surface area contributed by atoms with Gasteiger partial charge in [0.15, 0.2) is 5.96 Å². The monoisotopic (exact) mass is 290 g/mol. The highest BCUT2D eigenvalue weighted by Gasteiger charge is 2.03. The second-order valence-corrected chi connectivity index (χ2v) is 3.80. The van der Waals surface area contributed by atoms with E-state index in [1.807, 2.05) is 24.3 Å². The summed E-state index contributed by atoms with van der Waals surface area (Å²) in [6, 6.07) is 7.72. The van der Waals surface area contributed by atoms with Crippen LogP contribution in [0.15, 0.2) is 29.3 Å². The highest BCUT2D eigenvalue weighted by atomic mass is 127. The van der Waals surface area contributed by atoms with Crippen molar-refractivity contribution in [2.24, 2.45) is 22.2 Å². The summed E-state index contributed by atoms with van der Waals surface area (Å²) in [7, 11) is 0. The van der Waals surface area contributed by atoms with Crippen LogP contribution in [0.4, 0.5) is 0 Å². The van der Waals surface area contributed by atoms with Crippen molar-refractivity contribution in [1.29, 1.82) is 0 Å². The highest BCUT2D eigenvalue weighted by molar-refractivity contribution is 14.1. The van der Waals surface area contributed by atoms with Crippen LogP contribution in [-0.4, -0.2) is 5.96 Å². The van der Waals surface area contributed by atoms with Crippen molar-refractivity contribution in [3.8, 4) is 0 Å². The Bertz CT molecular complexity index is 320. The van der Waals surface area contributed by atoms with Crippen LogP contribution in [0, 0.1) is 3.57 Å². The summed E-state index contributed by atoms with van der Waals surface area (Å²) in [4.78, 5) is 3.84. The number of nitrogens with two attached hydrogens (primary N) is 3. The van der Waals surface area contributed by atoms with E-state index in [-0.39, 0.29) is 5.96 Å². The van der Waals surface area contributed by atoms with Crippen LogP contribution < -0.4 is 17.2 Å². The third-order valence-electron chi connectivity index (χ3n) is 1.48. The van der Waals surface area contributed by atoms with Crippen LogP contribution in [0.2, 0.25) is 0 Å². The lowest BCUT2D eigenvalue weighted by Crippen LogP contribution is -2.25. The van der Waals surface area contributed by atoms with E-state index >= 15 is 0 Å². The number of guanidine groups is 1. The molecule has 0 radical (unpaired) electrons. The first-order chi connectivity index (χ1) is 6.09. The zero-order valence-electron chi connectivity index (χ0n) is 6.94. The SMILES string of the molecule is NC(N)=NC(N)c1cccc(I)c1. The van der Waals surface area contributed by atoms with Crippen molar-refractivity contribution in [1.82, 2.24) is 0 Å². The van der Waals surface area contributed by atoms with Crippen molar-refractivity contribution in [3.63, 3.8) is 0 Å². The minimum Gasteiger partial charge on any atom is -0.370 e. The molecule has 1 atom stereocenters. The van der Waals surface area contributed by atoms with Crippen molar-refractivity contribution in [3.05, 3.63) is 33.4 Å². The summed E-state index contributed by atoms with van der Waals surface area (Å²) in [5.41, 5.74) is 17.0. The molecule has 0 aliphatic heterocycles. The van der Waals surface area contributed by atoms with Crippen LogP contribution in [-0.2, 0) is 0 Å². The topological polar surface area (TPSA) is 90.4 Å². The van der Waals surface area contributed by atoms with E-state index in [2.05, 4.69) is 27.6 Å². The molecule has 0 aliphatic carbocycles. The van der Waals surface area contributed by atoms with Gasteiger partial charge in [-0.3, -0.25) is 0 Å². The maximum atomic E-state index is 5.71. The predicted molar refractivity (Wildman–Crippen MR) is 61.9 cm³/mol. The van der Waals surface area contributed by atoms with Crippen molar-refractivity contribution < 1.29 is 0 Å². The number of aliphatic imine (C=N–C) groups is 1. The van der Waals surface area contributed by atoms with Crippen LogP contribution in [0.3, 0.4) is 0 Å². The van der Waals surface area contributed by atoms with Crippen molar-refractivity contribution in [2.75, 3.05) is 0 Å². The average molecular weight is 290 g/mol. The maximum absolute atomic E-state index is 5.71. The minimum atomic E-state index is -0.472. The van der Waals surface area contributed by atoms with E-state index in [9.17, 15) is 0 Å². The lowest BCUT2D eigenvalue weighted by Gasteiger charge is -2.07. The number of nitrogens with zero attached hydrogens (tertiary/aromatic N) is 1. The Hall–Kier alpha value is -0.820. The highest BCUT2D eigenvalue weighted by Crippen LogP contribution is 2.14. The van der Waals surface area contributed by atoms with Crippen molar-refractivity contribution >= 4 is 28.6 Å². The van der Waals surface area contributed by atoms with Crippen molar-refractivity contribution in [2.45, 2.75) is 6.17 Å². The molecule has 70 valence electrons. The summed E-state index contributed by atoms with van der Waals surface area (Å²) in [6.07, 6.45) is -0.472. The quantitative estimate of drug-likeness (QED) is 0.421. The first-order valence-corrected chi connectivity index (χ1v) is 4.77. The van der Waals surface area contributed by atoms with Gasteiger partial charge in [-0.25, -0.2) is 4.99 Å². The molecule has 4 nitrogen and oxygen atoms in total. The fourth-order valence-corrected chi connectivity index (χ4v) is 1.49. The van der Waals surface area contributed by atoms with Gasteiger partial charge in [-0.05, 0) is 40.3 Å². The standard InChI is InChI=1S/C8H11IN4/c9-6-3-1-2-5(4-6)7(10)13-8(11)12/h1-4,7H,10H2,(H4,11,12,13). The second-order valence-electron chi connectivity index (χ2n) is 2.55. The molecule has 5 heteroatoms. The first kappa shape index (κ1) is 10.3. The number of hydrogen-bond donors (Lipinski definition) is 3. The molecule has 0 fully saturated rings. The molecule has 1 rings (SSSR count). The third-order valence-corrected chi connectivity index (χ3v) is 2.15. The summed E-state index contributed by atoms with van der Waals surface area (Å²) in [5.74, 6) is 0.00589. The Morgan fingerprint density at radius 1 is 1.38 bits per heavy atom. The molecule has 1 unspecified atom stereocenters. The van der Waals surface area contributed by atoms with Crippen LogP contribution in [0.1, 0.15) is 11.7 Å². The van der Waals surface area contributed by atoms with E-state index in [4.69, 9.17) is 17.2 Å². The molecule has 13 heavy (non-hydrogen) atoms. The van der Waals surface area contributed by atoms with Gasteiger partial charge in [-0.1, -0.05) is 12.1 Å². The third kappa shape index (κ3) is 3.19. The predicted octanol–water partition coefficient (Wildman–Crippen LogP) is 0.522. The van der Waals surface area contributed by atoms with E-state index in [1.54, 1.807) is 0 Å². The van der Waals surface area contributed by atoms with Gasteiger partial charge in [0.25, 0.3) is 0 Å². The molecule has 0 spiro atoms. The smallest absolute Gasteiger partial charge is 0.187 e. The Morgan fingerprint density at radius 3 is 2.62 bits per heavy atom. The number of halogens is 1. The molecular formula is C8H11IN4. The Balaban J connectivity index is 2.89. The normalized spacial score (nSPS) is 12.2. The molecule has 6 N–H and O–H groups in total. The van der Waals surface area contributed by atoms with Gasteiger partial charge in [0.2, 0.25) is 0 Å². The summed E-state index contributed by atoms with van der Waals surface area (Å²) >= 11 is 2.21. The molecular weight excluding hydrogens is 279 g/mol. The Kier molecular flexibility index (Phi) is 3.49. The Labute approximate surface area is 90.3 Å². The molecule has 1 aromatic carbocycles. The molecule has 0 aromatic heterocycles. The van der Waals surface area contributed by atoms with Gasteiger partial charge in [0.1, 0.15) is 6.17 Å². The largest absolute Gasteiger partial charge is 0.370 e. The van der Waals surface area contributed by atoms with Gasteiger partial charge in [0.05, 0.1) is 0 Å². The molecule has 0 amide bonds. The van der Waals surface area contributed by atoms with E-state index in [1.165, 1.54) is 0 Å². The maximum Gasteiger partial charge on any atom is 0.187 e. The average Bonchev–Trinajstić information content (AvgIpc) is 2.03. The minimum absolute atomic E-state index is 0.00589. The number of benzene rings is 1. The number of hydrogen-bond acceptors (Lipinski definition) is 2. The lowest BCUT2D eigenvalue weighted by molar-refractivity contribution is 0.772. The van der Waals surface area contributed by atoms with Crippen LogP contribution in [0.25, 0.3) is 0 Å². The number of rotatable bonds is 2. The summed E-state index contributed by atoms with van der Waals surface area (Å²) in [6.45, 7) is 0. The molecule has 0 heterocycles. The van der Waals surface area contributed by atoms with Gasteiger partial charge in [0, 0.05) is 3.57 Å².